The first-order valence-corrected chi connectivity index (χ1v) is 9.64. The Morgan fingerprint density at radius 1 is 1.07 bits per heavy atom. The smallest absolute Gasteiger partial charge is 0.416 e. The van der Waals surface area contributed by atoms with E-state index in [-0.39, 0.29) is 12.1 Å². The fourth-order valence-corrected chi connectivity index (χ4v) is 3.96. The molecule has 0 bridgehead atoms. The predicted molar refractivity (Wildman–Crippen MR) is 106 cm³/mol. The Bertz CT molecular complexity index is 752. The third kappa shape index (κ3) is 4.96. The summed E-state index contributed by atoms with van der Waals surface area (Å²) < 4.78 is 38.9. The van der Waals surface area contributed by atoms with Crippen molar-refractivity contribution < 1.29 is 18.2 Å². The Balaban J connectivity index is 1.87. The quantitative estimate of drug-likeness (QED) is 0.779. The molecule has 0 amide bonds. The lowest BCUT2D eigenvalue weighted by Gasteiger charge is -2.44. The number of nitrogens with zero attached hydrogens (tertiary/aromatic N) is 2. The van der Waals surface area contributed by atoms with E-state index in [0.29, 0.717) is 0 Å². The van der Waals surface area contributed by atoms with Crippen molar-refractivity contribution in [2.45, 2.75) is 38.4 Å². The van der Waals surface area contributed by atoms with Crippen LogP contribution in [-0.4, -0.2) is 47.5 Å². The zero-order chi connectivity index (χ0) is 20.3. The average molecular weight is 390 g/mol. The highest BCUT2D eigenvalue weighted by molar-refractivity contribution is 6.45. The highest BCUT2D eigenvalue weighted by Gasteiger charge is 2.34. The SMILES string of the molecule is CB(O)N1CCN([C@H](Cc2ccccc2)c2ccc(C(F)(F)F)cc2)[C@@H](C)C1. The predicted octanol–water partition coefficient (Wildman–Crippen LogP) is 4.11. The maximum Gasteiger partial charge on any atom is 0.416 e. The third-order valence-electron chi connectivity index (χ3n) is 5.53. The van der Waals surface area contributed by atoms with E-state index in [1.165, 1.54) is 12.1 Å². The van der Waals surface area contributed by atoms with Gasteiger partial charge in [0.25, 0.3) is 0 Å². The molecule has 2 atom stereocenters. The largest absolute Gasteiger partial charge is 0.437 e. The molecule has 3 nitrogen and oxygen atoms in total. The molecule has 3 rings (SSSR count). The molecule has 150 valence electrons. The molecule has 0 unspecified atom stereocenters. The van der Waals surface area contributed by atoms with Gasteiger partial charge in [0.15, 0.2) is 0 Å². The highest BCUT2D eigenvalue weighted by Crippen LogP contribution is 2.33. The van der Waals surface area contributed by atoms with Crippen molar-refractivity contribution in [2.24, 2.45) is 0 Å². The molecule has 1 aliphatic heterocycles. The first kappa shape index (κ1) is 20.9. The molecule has 0 radical (unpaired) electrons. The van der Waals surface area contributed by atoms with Crippen LogP contribution in [0.4, 0.5) is 13.2 Å². The number of rotatable bonds is 5. The Kier molecular flexibility index (Phi) is 6.48. The number of hydrogen-bond acceptors (Lipinski definition) is 3. The van der Waals surface area contributed by atoms with Crippen LogP contribution in [-0.2, 0) is 12.6 Å². The second-order valence-corrected chi connectivity index (χ2v) is 7.54. The van der Waals surface area contributed by atoms with Crippen LogP contribution < -0.4 is 0 Å². The summed E-state index contributed by atoms with van der Waals surface area (Å²) in [6, 6.07) is 15.7. The van der Waals surface area contributed by atoms with Crippen LogP contribution in [0.25, 0.3) is 0 Å². The summed E-state index contributed by atoms with van der Waals surface area (Å²) in [6.07, 6.45) is -3.60. The van der Waals surface area contributed by atoms with Crippen molar-refractivity contribution in [2.75, 3.05) is 19.6 Å². The molecule has 1 N–H and O–H groups in total. The number of halogens is 3. The fourth-order valence-electron chi connectivity index (χ4n) is 3.96. The first-order valence-electron chi connectivity index (χ1n) is 9.64. The molecule has 1 saturated heterocycles. The van der Waals surface area contributed by atoms with Gasteiger partial charge in [0, 0.05) is 31.7 Å². The molecule has 0 spiro atoms. The molecule has 7 heteroatoms. The number of piperazine rings is 1. The van der Waals surface area contributed by atoms with Crippen LogP contribution in [0.2, 0.25) is 6.82 Å². The molecule has 0 aromatic heterocycles. The second kappa shape index (κ2) is 8.68. The molecule has 0 saturated carbocycles. The second-order valence-electron chi connectivity index (χ2n) is 7.54. The minimum atomic E-state index is -4.33. The van der Waals surface area contributed by atoms with Crippen molar-refractivity contribution >= 4 is 7.05 Å². The summed E-state index contributed by atoms with van der Waals surface area (Å²) in [4.78, 5) is 4.36. The molecule has 2 aromatic carbocycles. The third-order valence-corrected chi connectivity index (χ3v) is 5.53. The van der Waals surface area contributed by atoms with Crippen LogP contribution in [0.5, 0.6) is 0 Å². The molecule has 1 fully saturated rings. The molecule has 2 aromatic rings. The topological polar surface area (TPSA) is 26.7 Å². The van der Waals surface area contributed by atoms with Gasteiger partial charge in [-0.25, -0.2) is 0 Å². The summed E-state index contributed by atoms with van der Waals surface area (Å²) >= 11 is 0. The normalized spacial score (nSPS) is 20.1. The van der Waals surface area contributed by atoms with Crippen molar-refractivity contribution in [3.05, 3.63) is 71.3 Å². The summed E-state index contributed by atoms with van der Waals surface area (Å²) in [6.45, 7) is 6.08. The number of hydrogen-bond donors (Lipinski definition) is 1. The average Bonchev–Trinajstić information content (AvgIpc) is 2.66. The maximum atomic E-state index is 13.0. The standard InChI is InChI=1S/C21H26BF3N2O/c1-16-15-26(22(2)28)12-13-27(16)20(14-17-6-4-3-5-7-17)18-8-10-19(11-9-18)21(23,24)25/h3-11,16,20,28H,12-15H2,1-2H3/t16-,20+/m0/s1. The van der Waals surface area contributed by atoms with E-state index in [1.807, 2.05) is 35.1 Å². The van der Waals surface area contributed by atoms with Crippen LogP contribution in [0.15, 0.2) is 54.6 Å². The minimum Gasteiger partial charge on any atom is -0.437 e. The van der Waals surface area contributed by atoms with Gasteiger partial charge in [-0.1, -0.05) is 42.5 Å². The minimum absolute atomic E-state index is 0.0177. The van der Waals surface area contributed by atoms with Gasteiger partial charge in [-0.05, 0) is 43.4 Å². The monoisotopic (exact) mass is 390 g/mol. The molecular weight excluding hydrogens is 364 g/mol. The lowest BCUT2D eigenvalue weighted by atomic mass is 9.83. The van der Waals surface area contributed by atoms with E-state index in [9.17, 15) is 18.2 Å². The fraction of sp³-hybridized carbons (Fsp3) is 0.429. The molecule has 28 heavy (non-hydrogen) atoms. The Hall–Kier alpha value is -1.83. The first-order chi connectivity index (χ1) is 13.3. The van der Waals surface area contributed by atoms with E-state index < -0.39 is 18.8 Å². The summed E-state index contributed by atoms with van der Waals surface area (Å²) in [7, 11) is -0.497. The van der Waals surface area contributed by atoms with Crippen molar-refractivity contribution in [3.63, 3.8) is 0 Å². The van der Waals surface area contributed by atoms with Crippen LogP contribution in [0.3, 0.4) is 0 Å². The van der Waals surface area contributed by atoms with Crippen LogP contribution >= 0.6 is 0 Å². The molecule has 0 aliphatic carbocycles. The van der Waals surface area contributed by atoms with Crippen molar-refractivity contribution in [1.29, 1.82) is 0 Å². The number of alkyl halides is 3. The van der Waals surface area contributed by atoms with Crippen LogP contribution in [0, 0.1) is 0 Å². The maximum absolute atomic E-state index is 13.0. The van der Waals surface area contributed by atoms with Gasteiger partial charge in [0.2, 0.25) is 0 Å². The number of benzene rings is 2. The van der Waals surface area contributed by atoms with E-state index in [1.54, 1.807) is 19.0 Å². The zero-order valence-electron chi connectivity index (χ0n) is 16.2. The van der Waals surface area contributed by atoms with Crippen LogP contribution in [0.1, 0.15) is 29.7 Å². The highest BCUT2D eigenvalue weighted by atomic mass is 19.4. The van der Waals surface area contributed by atoms with E-state index in [2.05, 4.69) is 11.8 Å². The lowest BCUT2D eigenvalue weighted by Crippen LogP contribution is -2.56. The Labute approximate surface area is 164 Å². The van der Waals surface area contributed by atoms with Gasteiger partial charge in [-0.2, -0.15) is 13.2 Å². The van der Waals surface area contributed by atoms with E-state index in [4.69, 9.17) is 0 Å². The van der Waals surface area contributed by atoms with E-state index in [0.717, 1.165) is 37.2 Å². The lowest BCUT2D eigenvalue weighted by molar-refractivity contribution is -0.137. The van der Waals surface area contributed by atoms with Gasteiger partial charge in [-0.3, -0.25) is 4.90 Å². The van der Waals surface area contributed by atoms with E-state index >= 15 is 0 Å². The molecular formula is C21H26BF3N2O. The summed E-state index contributed by atoms with van der Waals surface area (Å²) in [5.74, 6) is 0. The van der Waals surface area contributed by atoms with Gasteiger partial charge < -0.3 is 9.83 Å². The van der Waals surface area contributed by atoms with Gasteiger partial charge >= 0.3 is 13.2 Å². The zero-order valence-corrected chi connectivity index (χ0v) is 16.2. The summed E-state index contributed by atoms with van der Waals surface area (Å²) in [5.41, 5.74) is 1.41. The van der Waals surface area contributed by atoms with Crippen molar-refractivity contribution in [3.8, 4) is 0 Å². The summed E-state index contributed by atoms with van der Waals surface area (Å²) in [5, 5.41) is 9.88. The van der Waals surface area contributed by atoms with Gasteiger partial charge in [-0.15, -0.1) is 0 Å². The van der Waals surface area contributed by atoms with Crippen molar-refractivity contribution in [1.82, 2.24) is 9.71 Å². The molecule has 1 aliphatic rings. The molecule has 1 heterocycles. The van der Waals surface area contributed by atoms with Gasteiger partial charge in [0.1, 0.15) is 0 Å². The Morgan fingerprint density at radius 3 is 2.25 bits per heavy atom. The Morgan fingerprint density at radius 2 is 1.71 bits per heavy atom. The van der Waals surface area contributed by atoms with Gasteiger partial charge in [0.05, 0.1) is 5.56 Å².